The van der Waals surface area contributed by atoms with E-state index in [0.717, 1.165) is 16.1 Å². The van der Waals surface area contributed by atoms with Crippen LogP contribution in [0.1, 0.15) is 10.5 Å². The third-order valence-corrected chi connectivity index (χ3v) is 6.53. The van der Waals surface area contributed by atoms with E-state index in [9.17, 15) is 0 Å². The fraction of sp³-hybridized carbons (Fsp3) is 0.0526. The first-order chi connectivity index (χ1) is 11.8. The van der Waals surface area contributed by atoms with E-state index in [2.05, 4.69) is 46.7 Å². The number of benzene rings is 3. The van der Waals surface area contributed by atoms with E-state index in [1.165, 1.54) is 10.0 Å². The molecule has 0 radical (unpaired) electrons. The third-order valence-electron chi connectivity index (χ3n) is 3.73. The summed E-state index contributed by atoms with van der Waals surface area (Å²) >= 11 is 6.30. The molecule has 0 amide bonds. The van der Waals surface area contributed by atoms with E-state index in [0.29, 0.717) is 0 Å². The zero-order valence-corrected chi connectivity index (χ0v) is 15.2. The summed E-state index contributed by atoms with van der Waals surface area (Å²) in [7, 11) is 0. The van der Waals surface area contributed by atoms with Crippen LogP contribution in [0.15, 0.2) is 78.9 Å². The normalized spacial score (nSPS) is 12.4. The maximum atomic E-state index is 6.17. The Hall–Kier alpha value is -2.13. The van der Waals surface area contributed by atoms with Gasteiger partial charge in [-0.05, 0) is 0 Å². The Bertz CT molecular complexity index is 968. The number of hydrogen-bond acceptors (Lipinski definition) is 2. The number of aromatic nitrogens is 3. The second-order valence-electron chi connectivity index (χ2n) is 5.36. The molecule has 0 saturated heterocycles. The molecule has 3 nitrogen and oxygen atoms in total. The van der Waals surface area contributed by atoms with Gasteiger partial charge in [0.1, 0.15) is 0 Å². The van der Waals surface area contributed by atoms with Gasteiger partial charge >= 0.3 is 151 Å². The van der Waals surface area contributed by atoms with Gasteiger partial charge in [-0.25, -0.2) is 0 Å². The van der Waals surface area contributed by atoms with Gasteiger partial charge in [0.25, 0.3) is 0 Å². The zero-order chi connectivity index (χ0) is 16.4. The van der Waals surface area contributed by atoms with Gasteiger partial charge in [-0.2, -0.15) is 0 Å². The van der Waals surface area contributed by atoms with Crippen LogP contribution >= 0.6 is 11.6 Å². The average Bonchev–Trinajstić information content (AvgIpc) is 3.04. The van der Waals surface area contributed by atoms with Crippen LogP contribution in [0.4, 0.5) is 0 Å². The average molecular weight is 399 g/mol. The van der Waals surface area contributed by atoms with Crippen molar-refractivity contribution in [2.45, 2.75) is 4.94 Å². The van der Waals surface area contributed by atoms with Crippen molar-refractivity contribution in [1.29, 1.82) is 0 Å². The molecule has 4 aromatic rings. The molecular weight excluding hydrogens is 385 g/mol. The Balaban J connectivity index is 1.82. The summed E-state index contributed by atoms with van der Waals surface area (Å²) in [6.45, 7) is 0. The van der Waals surface area contributed by atoms with Gasteiger partial charge in [-0.15, -0.1) is 0 Å². The molecule has 0 saturated carbocycles. The monoisotopic (exact) mass is 399 g/mol. The molecule has 24 heavy (non-hydrogen) atoms. The molecule has 0 aliphatic rings. The molecule has 0 bridgehead atoms. The first kappa shape index (κ1) is 15.4. The van der Waals surface area contributed by atoms with Crippen LogP contribution in [0.25, 0.3) is 11.0 Å². The molecule has 0 N–H and O–H groups in total. The van der Waals surface area contributed by atoms with E-state index >= 15 is 0 Å². The number of nitrogens with zero attached hydrogens (tertiary/aromatic N) is 3. The summed E-state index contributed by atoms with van der Waals surface area (Å²) < 4.78 is 3.27. The molecule has 1 aromatic heterocycles. The van der Waals surface area contributed by atoms with Crippen LogP contribution in [0, 0.1) is 0 Å². The fourth-order valence-electron chi connectivity index (χ4n) is 2.61. The molecule has 0 spiro atoms. The number of fused-ring (bicyclic) bond motifs is 1. The van der Waals surface area contributed by atoms with E-state index in [-0.39, 0.29) is 19.9 Å². The summed E-state index contributed by atoms with van der Waals surface area (Å²) in [5.41, 5.74) is 3.20. The van der Waals surface area contributed by atoms with E-state index in [1.807, 2.05) is 47.1 Å². The van der Waals surface area contributed by atoms with E-state index < -0.39 is 0 Å². The van der Waals surface area contributed by atoms with Crippen molar-refractivity contribution in [2.24, 2.45) is 0 Å². The van der Waals surface area contributed by atoms with Crippen molar-refractivity contribution < 1.29 is 0 Å². The van der Waals surface area contributed by atoms with Gasteiger partial charge in [0.2, 0.25) is 0 Å². The topological polar surface area (TPSA) is 30.7 Å². The van der Waals surface area contributed by atoms with E-state index in [4.69, 9.17) is 11.6 Å². The Kier molecular flexibility index (Phi) is 4.35. The first-order valence-electron chi connectivity index (χ1n) is 7.58. The second kappa shape index (κ2) is 6.78. The number of hydrogen-bond donors (Lipinski definition) is 0. The molecule has 3 aromatic carbocycles. The molecule has 118 valence electrons. The van der Waals surface area contributed by atoms with Crippen molar-refractivity contribution >= 4 is 42.1 Å². The van der Waals surface area contributed by atoms with Gasteiger partial charge < -0.3 is 0 Å². The van der Waals surface area contributed by atoms with Crippen molar-refractivity contribution in [3.63, 3.8) is 0 Å². The van der Waals surface area contributed by atoms with Crippen molar-refractivity contribution in [3.05, 3.63) is 89.4 Å². The summed E-state index contributed by atoms with van der Waals surface area (Å²) in [6, 6.07) is 26.6. The van der Waals surface area contributed by atoms with Crippen molar-refractivity contribution in [3.8, 4) is 0 Å². The maximum absolute atomic E-state index is 6.17. The standard InChI is InChI=1S/C19H14ClN3Se/c20-15-9-6-10-16(13-15)24-19(14-7-2-1-3-8-14)23-18-12-5-4-11-17(18)21-22-23/h1-13,19H. The molecule has 1 unspecified atom stereocenters. The molecule has 0 fully saturated rings. The summed E-state index contributed by atoms with van der Waals surface area (Å²) in [4.78, 5) is 0.129. The second-order valence-corrected chi connectivity index (χ2v) is 8.22. The minimum absolute atomic E-state index is 0.128. The molecular formula is C19H14ClN3Se. The van der Waals surface area contributed by atoms with Crippen LogP contribution < -0.4 is 4.46 Å². The number of rotatable bonds is 4. The van der Waals surface area contributed by atoms with Gasteiger partial charge in [-0.1, -0.05) is 0 Å². The van der Waals surface area contributed by atoms with Crippen molar-refractivity contribution in [2.75, 3.05) is 0 Å². The van der Waals surface area contributed by atoms with Crippen LogP contribution in [-0.4, -0.2) is 30.0 Å². The molecule has 4 rings (SSSR count). The summed E-state index contributed by atoms with van der Waals surface area (Å²) in [6.07, 6.45) is 0. The Morgan fingerprint density at radius 1 is 0.875 bits per heavy atom. The van der Waals surface area contributed by atoms with Crippen LogP contribution in [0.5, 0.6) is 0 Å². The quantitative estimate of drug-likeness (QED) is 0.491. The molecule has 1 heterocycles. The third kappa shape index (κ3) is 3.09. The summed E-state index contributed by atoms with van der Waals surface area (Å²) in [5.74, 6) is 0. The van der Waals surface area contributed by atoms with Crippen LogP contribution in [0.2, 0.25) is 5.02 Å². The Morgan fingerprint density at radius 3 is 2.50 bits per heavy atom. The number of para-hydroxylation sites is 1. The zero-order valence-electron chi connectivity index (χ0n) is 12.7. The van der Waals surface area contributed by atoms with Gasteiger partial charge in [0.05, 0.1) is 0 Å². The Morgan fingerprint density at radius 2 is 1.67 bits per heavy atom. The van der Waals surface area contributed by atoms with Crippen LogP contribution in [0.3, 0.4) is 0 Å². The SMILES string of the molecule is Clc1cccc([Se]C(c2ccccc2)n2nnc3ccccc32)c1. The summed E-state index contributed by atoms with van der Waals surface area (Å²) in [5, 5.41) is 9.53. The predicted molar refractivity (Wildman–Crippen MR) is 98.9 cm³/mol. The van der Waals surface area contributed by atoms with Gasteiger partial charge in [0.15, 0.2) is 0 Å². The Labute approximate surface area is 151 Å². The molecule has 0 aliphatic carbocycles. The van der Waals surface area contributed by atoms with Crippen LogP contribution in [-0.2, 0) is 0 Å². The predicted octanol–water partition coefficient (Wildman–Crippen LogP) is 3.66. The first-order valence-corrected chi connectivity index (χ1v) is 9.81. The van der Waals surface area contributed by atoms with Gasteiger partial charge in [0, 0.05) is 0 Å². The van der Waals surface area contributed by atoms with Gasteiger partial charge in [-0.3, -0.25) is 0 Å². The van der Waals surface area contributed by atoms with Crippen molar-refractivity contribution in [1.82, 2.24) is 15.0 Å². The molecule has 5 heteroatoms. The fourth-order valence-corrected chi connectivity index (χ4v) is 5.37. The number of halogens is 1. The van der Waals surface area contributed by atoms with E-state index in [1.54, 1.807) is 0 Å². The molecule has 0 aliphatic heterocycles. The minimum atomic E-state index is 0.128. The molecule has 1 atom stereocenters.